The minimum Gasteiger partial charge on any atom is -0.481 e. The first-order valence-electron chi connectivity index (χ1n) is 8.89. The van der Waals surface area contributed by atoms with Crippen LogP contribution in [0.5, 0.6) is 0 Å². The van der Waals surface area contributed by atoms with Crippen molar-refractivity contribution in [2.75, 3.05) is 20.1 Å². The molecule has 1 saturated carbocycles. The van der Waals surface area contributed by atoms with E-state index in [2.05, 4.69) is 6.07 Å². The second-order valence-electron chi connectivity index (χ2n) is 7.91. The Balaban J connectivity index is 1.54. The summed E-state index contributed by atoms with van der Waals surface area (Å²) in [7, 11) is 1.79. The van der Waals surface area contributed by atoms with Gasteiger partial charge in [0.05, 0.1) is 12.5 Å². The third kappa shape index (κ3) is 2.72. The number of carboxylic acid groups (broad SMARTS) is 1. The number of hydrogen-bond donors (Lipinski definition) is 2. The number of fused-ring (bicyclic) bond motifs is 1. The summed E-state index contributed by atoms with van der Waals surface area (Å²) in [4.78, 5) is 41.5. The Hall–Kier alpha value is -1.93. The van der Waals surface area contributed by atoms with E-state index in [1.165, 1.54) is 10.4 Å². The van der Waals surface area contributed by atoms with Gasteiger partial charge < -0.3 is 15.7 Å². The van der Waals surface area contributed by atoms with Crippen molar-refractivity contribution < 1.29 is 19.5 Å². The summed E-state index contributed by atoms with van der Waals surface area (Å²) in [5.74, 6) is -2.54. The Morgan fingerprint density at radius 2 is 2.12 bits per heavy atom. The molecule has 2 aliphatic heterocycles. The predicted molar refractivity (Wildman–Crippen MR) is 95.3 cm³/mol. The van der Waals surface area contributed by atoms with Crippen molar-refractivity contribution in [3.05, 3.63) is 21.9 Å². The van der Waals surface area contributed by atoms with Gasteiger partial charge in [0.15, 0.2) is 0 Å². The van der Waals surface area contributed by atoms with Gasteiger partial charge in [0.25, 0.3) is 0 Å². The molecule has 7 nitrogen and oxygen atoms in total. The van der Waals surface area contributed by atoms with Crippen LogP contribution in [-0.4, -0.2) is 58.9 Å². The lowest BCUT2D eigenvalue weighted by Gasteiger charge is -2.43. The number of piperidine rings is 1. The number of primary amides is 1. The fraction of sp³-hybridized carbons (Fsp3) is 0.611. The van der Waals surface area contributed by atoms with E-state index >= 15 is 0 Å². The number of amides is 2. The Kier molecular flexibility index (Phi) is 4.07. The van der Waals surface area contributed by atoms with Crippen molar-refractivity contribution in [2.45, 2.75) is 31.8 Å². The number of likely N-dealkylation sites (tertiary alicyclic amines) is 1. The Bertz CT molecular complexity index is 778. The van der Waals surface area contributed by atoms with Crippen molar-refractivity contribution in [2.24, 2.45) is 23.0 Å². The number of carbonyl (C=O) groups excluding carboxylic acids is 2. The minimum atomic E-state index is -0.974. The molecular formula is C18H23N3O4S. The van der Waals surface area contributed by atoms with E-state index in [-0.39, 0.29) is 23.1 Å². The van der Waals surface area contributed by atoms with Gasteiger partial charge in [0.1, 0.15) is 6.04 Å². The number of nitrogens with two attached hydrogens (primary N) is 1. The second-order valence-corrected chi connectivity index (χ2v) is 8.91. The third-order valence-electron chi connectivity index (χ3n) is 6.28. The highest BCUT2D eigenvalue weighted by molar-refractivity contribution is 7.10. The maximum atomic E-state index is 13.2. The summed E-state index contributed by atoms with van der Waals surface area (Å²) < 4.78 is 0. The first-order chi connectivity index (χ1) is 12.3. The van der Waals surface area contributed by atoms with E-state index in [1.807, 2.05) is 10.3 Å². The van der Waals surface area contributed by atoms with Crippen molar-refractivity contribution in [1.82, 2.24) is 9.80 Å². The van der Waals surface area contributed by atoms with Crippen LogP contribution < -0.4 is 5.73 Å². The van der Waals surface area contributed by atoms with Gasteiger partial charge in [-0.2, -0.15) is 0 Å². The number of carbonyl (C=O) groups is 3. The van der Waals surface area contributed by atoms with Gasteiger partial charge in [-0.3, -0.25) is 19.3 Å². The van der Waals surface area contributed by atoms with Gasteiger partial charge in [0.2, 0.25) is 11.8 Å². The van der Waals surface area contributed by atoms with Crippen molar-refractivity contribution >= 4 is 29.1 Å². The predicted octanol–water partition coefficient (Wildman–Crippen LogP) is 0.529. The lowest BCUT2D eigenvalue weighted by Crippen LogP contribution is -2.58. The molecule has 0 aromatic carbocycles. The quantitative estimate of drug-likeness (QED) is 0.800. The number of carboxylic acids is 1. The number of thiophene rings is 1. The molecule has 1 spiro atoms. The summed E-state index contributed by atoms with van der Waals surface area (Å²) in [6.07, 6.45) is 1.78. The van der Waals surface area contributed by atoms with Gasteiger partial charge in [-0.25, -0.2) is 0 Å². The van der Waals surface area contributed by atoms with Crippen molar-refractivity contribution in [3.8, 4) is 0 Å². The van der Waals surface area contributed by atoms with Gasteiger partial charge in [-0.05, 0) is 48.7 Å². The average Bonchev–Trinajstić information content (AvgIpc) is 3.07. The van der Waals surface area contributed by atoms with Gasteiger partial charge in [0, 0.05) is 23.9 Å². The molecule has 3 N–H and O–H groups in total. The van der Waals surface area contributed by atoms with Crippen LogP contribution in [0.3, 0.4) is 0 Å². The zero-order valence-electron chi connectivity index (χ0n) is 14.7. The minimum absolute atomic E-state index is 0.120. The molecule has 8 heteroatoms. The third-order valence-corrected chi connectivity index (χ3v) is 7.23. The fourth-order valence-corrected chi connectivity index (χ4v) is 5.81. The average molecular weight is 377 g/mol. The molecule has 3 heterocycles. The van der Waals surface area contributed by atoms with E-state index in [4.69, 9.17) is 5.73 Å². The topological polar surface area (TPSA) is 104 Å². The van der Waals surface area contributed by atoms with Crippen molar-refractivity contribution in [1.29, 1.82) is 0 Å². The van der Waals surface area contributed by atoms with E-state index < -0.39 is 17.9 Å². The Morgan fingerprint density at radius 1 is 1.35 bits per heavy atom. The van der Waals surface area contributed by atoms with Gasteiger partial charge >= 0.3 is 5.97 Å². The van der Waals surface area contributed by atoms with Crippen LogP contribution in [0.4, 0.5) is 0 Å². The SMILES string of the molecule is CN1CC2(CC(C(=O)O)C1C(=O)N1CCc3ccsc3C1)CC2C(N)=O. The second kappa shape index (κ2) is 6.06. The van der Waals surface area contributed by atoms with E-state index in [1.54, 1.807) is 23.3 Å². The van der Waals surface area contributed by atoms with Crippen LogP contribution in [0.15, 0.2) is 11.4 Å². The van der Waals surface area contributed by atoms with Crippen LogP contribution in [0.1, 0.15) is 23.3 Å². The lowest BCUT2D eigenvalue weighted by atomic mass is 9.79. The van der Waals surface area contributed by atoms with Crippen LogP contribution in [0.25, 0.3) is 0 Å². The largest absolute Gasteiger partial charge is 0.481 e. The Morgan fingerprint density at radius 3 is 2.77 bits per heavy atom. The molecule has 26 heavy (non-hydrogen) atoms. The number of hydrogen-bond acceptors (Lipinski definition) is 5. The molecule has 2 fully saturated rings. The number of rotatable bonds is 3. The van der Waals surface area contributed by atoms with Crippen LogP contribution in [-0.2, 0) is 27.3 Å². The highest BCUT2D eigenvalue weighted by atomic mass is 32.1. The summed E-state index contributed by atoms with van der Waals surface area (Å²) >= 11 is 1.64. The van der Waals surface area contributed by atoms with Crippen LogP contribution in [0, 0.1) is 17.3 Å². The molecule has 140 valence electrons. The number of nitrogens with zero attached hydrogens (tertiary/aromatic N) is 2. The maximum Gasteiger partial charge on any atom is 0.308 e. The summed E-state index contributed by atoms with van der Waals surface area (Å²) in [5.41, 5.74) is 6.35. The van der Waals surface area contributed by atoms with Gasteiger partial charge in [-0.1, -0.05) is 0 Å². The zero-order valence-corrected chi connectivity index (χ0v) is 15.5. The summed E-state index contributed by atoms with van der Waals surface area (Å²) in [5, 5.41) is 11.8. The first-order valence-corrected chi connectivity index (χ1v) is 9.77. The lowest BCUT2D eigenvalue weighted by molar-refractivity contribution is -0.156. The van der Waals surface area contributed by atoms with Crippen LogP contribution >= 0.6 is 11.3 Å². The summed E-state index contributed by atoms with van der Waals surface area (Å²) in [6.45, 7) is 1.71. The molecule has 1 aromatic heterocycles. The Labute approximate surface area is 155 Å². The van der Waals surface area contributed by atoms with E-state index in [9.17, 15) is 19.5 Å². The highest BCUT2D eigenvalue weighted by Gasteiger charge is 2.63. The molecule has 0 bridgehead atoms. The fourth-order valence-electron chi connectivity index (χ4n) is 4.86. The molecule has 4 atom stereocenters. The van der Waals surface area contributed by atoms with E-state index in [0.29, 0.717) is 32.5 Å². The molecule has 2 amide bonds. The van der Waals surface area contributed by atoms with E-state index in [0.717, 1.165) is 6.42 Å². The highest BCUT2D eigenvalue weighted by Crippen LogP contribution is 2.59. The van der Waals surface area contributed by atoms with Crippen LogP contribution in [0.2, 0.25) is 0 Å². The smallest absolute Gasteiger partial charge is 0.308 e. The normalized spacial score (nSPS) is 33.7. The molecule has 1 saturated heterocycles. The monoisotopic (exact) mass is 377 g/mol. The first kappa shape index (κ1) is 17.5. The number of likely N-dealkylation sites (N-methyl/N-ethyl adjacent to an activating group) is 1. The molecule has 0 radical (unpaired) electrons. The van der Waals surface area contributed by atoms with Gasteiger partial charge in [-0.15, -0.1) is 11.3 Å². The standard InChI is InChI=1S/C18H23N3O4S/c1-20-9-18(7-12(18)15(19)22)6-11(17(24)25)14(20)16(23)21-4-2-10-3-5-26-13(10)8-21/h3,5,11-12,14H,2,4,6-9H2,1H3,(H2,19,22)(H,24,25). The zero-order chi connectivity index (χ0) is 18.6. The molecule has 1 aliphatic carbocycles. The number of aliphatic carboxylic acids is 1. The maximum absolute atomic E-state index is 13.2. The molecule has 1 aromatic rings. The summed E-state index contributed by atoms with van der Waals surface area (Å²) in [6, 6.07) is 1.41. The molecule has 4 rings (SSSR count). The van der Waals surface area contributed by atoms with Crippen molar-refractivity contribution in [3.63, 3.8) is 0 Å². The molecule has 3 aliphatic rings. The molecule has 4 unspecified atom stereocenters. The molecular weight excluding hydrogens is 354 g/mol.